The van der Waals surface area contributed by atoms with Gasteiger partial charge in [-0.3, -0.25) is 4.79 Å². The Balaban J connectivity index is 1.40. The molecule has 0 bridgehead atoms. The number of halogens is 1. The summed E-state index contributed by atoms with van der Waals surface area (Å²) in [6.45, 7) is 3.51. The average Bonchev–Trinajstić information content (AvgIpc) is 3.51. The summed E-state index contributed by atoms with van der Waals surface area (Å²) in [4.78, 5) is 35.5. The summed E-state index contributed by atoms with van der Waals surface area (Å²) >= 11 is 6.23. The number of carboxylic acid groups (broad SMARTS) is 1. The Kier molecular flexibility index (Phi) is 5.40. The molecule has 3 aromatic heterocycles. The van der Waals surface area contributed by atoms with Crippen molar-refractivity contribution >= 4 is 45.7 Å². The number of imidazole rings is 1. The van der Waals surface area contributed by atoms with Gasteiger partial charge in [-0.05, 0) is 68.0 Å². The van der Waals surface area contributed by atoms with Crippen LogP contribution in [0.3, 0.4) is 0 Å². The van der Waals surface area contributed by atoms with Gasteiger partial charge in [-0.2, -0.15) is 0 Å². The highest BCUT2D eigenvalue weighted by Gasteiger charge is 2.29. The van der Waals surface area contributed by atoms with Gasteiger partial charge in [0, 0.05) is 43.7 Å². The molecule has 1 atom stereocenters. The molecule has 1 aliphatic carbocycles. The fourth-order valence-electron chi connectivity index (χ4n) is 5.24. The van der Waals surface area contributed by atoms with Crippen LogP contribution in [0.25, 0.3) is 33.6 Å². The van der Waals surface area contributed by atoms with Crippen molar-refractivity contribution in [2.75, 3.05) is 13.1 Å². The lowest BCUT2D eigenvalue weighted by atomic mass is 9.97. The summed E-state index contributed by atoms with van der Waals surface area (Å²) in [6.07, 6.45) is 2.05. The van der Waals surface area contributed by atoms with Gasteiger partial charge in [0.1, 0.15) is 10.8 Å². The van der Waals surface area contributed by atoms with Crippen LogP contribution >= 0.6 is 11.6 Å². The molecule has 1 fully saturated rings. The number of aromatic nitrogens is 4. The van der Waals surface area contributed by atoms with E-state index in [9.17, 15) is 9.59 Å². The molecule has 4 heterocycles. The topological polar surface area (TPSA) is 105 Å². The van der Waals surface area contributed by atoms with Crippen LogP contribution in [0.2, 0.25) is 5.15 Å². The zero-order valence-electron chi connectivity index (χ0n) is 20.2. The fraction of sp³-hybridized carbons (Fsp3) is 0.385. The number of nitrogens with zero attached hydrogens (tertiary/aromatic N) is 5. The second-order valence-corrected chi connectivity index (χ2v) is 10.4. The van der Waals surface area contributed by atoms with Gasteiger partial charge in [-0.1, -0.05) is 11.6 Å². The van der Waals surface area contributed by atoms with Crippen LogP contribution in [0.15, 0.2) is 30.3 Å². The minimum Gasteiger partial charge on any atom is -0.465 e. The van der Waals surface area contributed by atoms with E-state index in [0.29, 0.717) is 36.1 Å². The highest BCUT2D eigenvalue weighted by Crippen LogP contribution is 2.36. The van der Waals surface area contributed by atoms with Crippen molar-refractivity contribution in [3.05, 3.63) is 46.6 Å². The summed E-state index contributed by atoms with van der Waals surface area (Å²) in [5.41, 5.74) is 5.21. The van der Waals surface area contributed by atoms with Crippen molar-refractivity contribution in [3.8, 4) is 11.5 Å². The number of benzene rings is 1. The van der Waals surface area contributed by atoms with E-state index in [1.807, 2.05) is 25.2 Å². The monoisotopic (exact) mass is 506 g/mol. The Morgan fingerprint density at radius 1 is 1.25 bits per heavy atom. The van der Waals surface area contributed by atoms with Crippen LogP contribution in [0.5, 0.6) is 0 Å². The second-order valence-electron chi connectivity index (χ2n) is 9.97. The second kappa shape index (κ2) is 8.51. The first-order chi connectivity index (χ1) is 17.3. The van der Waals surface area contributed by atoms with Crippen LogP contribution in [0.4, 0.5) is 4.79 Å². The third-order valence-corrected chi connectivity index (χ3v) is 7.43. The highest BCUT2D eigenvalue weighted by atomic mass is 35.5. The number of nitrogens with one attached hydrogen (secondary N) is 1. The summed E-state index contributed by atoms with van der Waals surface area (Å²) in [5.74, 6) is 1.38. The normalized spacial score (nSPS) is 16.5. The molecular weight excluding hydrogens is 480 g/mol. The van der Waals surface area contributed by atoms with Crippen LogP contribution in [0, 0.1) is 5.92 Å². The first-order valence-corrected chi connectivity index (χ1v) is 12.6. The van der Waals surface area contributed by atoms with Gasteiger partial charge in [-0.25, -0.2) is 14.8 Å². The summed E-state index contributed by atoms with van der Waals surface area (Å²) in [6, 6.07) is 9.51. The standard InChI is InChI=1S/C26H27ClN6O3/c1-14(28-26(35)36)12-32-8-7-16-9-20-19(11-18(16)25(32)34)29-24(31(20)2)21-10-17-5-6-22(27)30-23(17)33(21)13-15-3-4-15/h5-6,9-11,14-15,28H,3-4,7-8,12-13H2,1-2H3,(H,35,36)/t14-/m1/s1. The van der Waals surface area contributed by atoms with Gasteiger partial charge >= 0.3 is 6.09 Å². The Bertz CT molecular complexity index is 1540. The molecule has 6 rings (SSSR count). The van der Waals surface area contributed by atoms with E-state index in [0.717, 1.165) is 45.7 Å². The number of hydrogen-bond donors (Lipinski definition) is 2. The molecule has 10 heteroatoms. The number of carbonyl (C=O) groups excluding carboxylic acids is 1. The predicted molar refractivity (Wildman–Crippen MR) is 137 cm³/mol. The largest absolute Gasteiger partial charge is 0.465 e. The molecule has 36 heavy (non-hydrogen) atoms. The molecule has 0 saturated heterocycles. The van der Waals surface area contributed by atoms with Crippen LogP contribution in [-0.2, 0) is 20.0 Å². The summed E-state index contributed by atoms with van der Waals surface area (Å²) in [7, 11) is 2.01. The summed E-state index contributed by atoms with van der Waals surface area (Å²) < 4.78 is 4.31. The number of aryl methyl sites for hydroxylation is 1. The number of pyridine rings is 1. The van der Waals surface area contributed by atoms with E-state index >= 15 is 0 Å². The zero-order chi connectivity index (χ0) is 25.1. The lowest BCUT2D eigenvalue weighted by Gasteiger charge is -2.30. The molecule has 2 amide bonds. The molecule has 1 saturated carbocycles. The predicted octanol–water partition coefficient (Wildman–Crippen LogP) is 4.31. The van der Waals surface area contributed by atoms with Crippen molar-refractivity contribution in [1.82, 2.24) is 29.3 Å². The number of amides is 2. The van der Waals surface area contributed by atoms with E-state index in [4.69, 9.17) is 21.7 Å². The molecule has 2 N–H and O–H groups in total. The van der Waals surface area contributed by atoms with Crippen molar-refractivity contribution in [2.45, 2.75) is 38.8 Å². The zero-order valence-corrected chi connectivity index (χ0v) is 20.9. The van der Waals surface area contributed by atoms with Crippen LogP contribution < -0.4 is 5.32 Å². The first-order valence-electron chi connectivity index (χ1n) is 12.2. The van der Waals surface area contributed by atoms with E-state index < -0.39 is 6.09 Å². The minimum atomic E-state index is -1.09. The molecule has 1 aliphatic heterocycles. The third kappa shape index (κ3) is 3.97. The minimum absolute atomic E-state index is 0.0916. The van der Waals surface area contributed by atoms with Crippen molar-refractivity contribution in [1.29, 1.82) is 0 Å². The molecule has 2 aliphatic rings. The maximum absolute atomic E-state index is 13.3. The van der Waals surface area contributed by atoms with E-state index in [1.54, 1.807) is 11.8 Å². The van der Waals surface area contributed by atoms with Gasteiger partial charge in [0.15, 0.2) is 5.82 Å². The van der Waals surface area contributed by atoms with E-state index in [-0.39, 0.29) is 11.9 Å². The molecule has 9 nitrogen and oxygen atoms in total. The average molecular weight is 507 g/mol. The molecule has 0 unspecified atom stereocenters. The quantitative estimate of drug-likeness (QED) is 0.379. The first kappa shape index (κ1) is 22.8. The van der Waals surface area contributed by atoms with E-state index in [1.165, 1.54) is 12.8 Å². The summed E-state index contributed by atoms with van der Waals surface area (Å²) in [5, 5.41) is 12.9. The number of carbonyl (C=O) groups is 2. The van der Waals surface area contributed by atoms with Gasteiger partial charge in [-0.15, -0.1) is 0 Å². The number of rotatable bonds is 6. The SMILES string of the molecule is C[C@H](CN1CCc2cc3c(cc2C1=O)nc(-c1cc2ccc(Cl)nc2n1CC1CC1)n3C)NC(=O)O. The lowest BCUT2D eigenvalue weighted by Crippen LogP contribution is -2.46. The van der Waals surface area contributed by atoms with E-state index in [2.05, 4.69) is 31.6 Å². The fourth-order valence-corrected chi connectivity index (χ4v) is 5.38. The Hall–Kier alpha value is -3.59. The van der Waals surface area contributed by atoms with Gasteiger partial charge in [0.2, 0.25) is 0 Å². The lowest BCUT2D eigenvalue weighted by molar-refractivity contribution is 0.0723. The van der Waals surface area contributed by atoms with Crippen molar-refractivity contribution in [2.24, 2.45) is 13.0 Å². The van der Waals surface area contributed by atoms with Crippen LogP contribution in [0.1, 0.15) is 35.7 Å². The van der Waals surface area contributed by atoms with Gasteiger partial charge < -0.3 is 24.5 Å². The Morgan fingerprint density at radius 3 is 2.81 bits per heavy atom. The van der Waals surface area contributed by atoms with Crippen molar-refractivity contribution in [3.63, 3.8) is 0 Å². The molecule has 4 aromatic rings. The highest BCUT2D eigenvalue weighted by molar-refractivity contribution is 6.29. The third-order valence-electron chi connectivity index (χ3n) is 7.22. The number of hydrogen-bond acceptors (Lipinski definition) is 4. The number of fused-ring (bicyclic) bond motifs is 3. The molecule has 186 valence electrons. The molecule has 0 spiro atoms. The Morgan fingerprint density at radius 2 is 2.06 bits per heavy atom. The molecule has 1 aromatic carbocycles. The molecular formula is C26H27ClN6O3. The van der Waals surface area contributed by atoms with Gasteiger partial charge in [0.25, 0.3) is 5.91 Å². The Labute approximate surface area is 212 Å². The maximum atomic E-state index is 13.3. The molecule has 0 radical (unpaired) electrons. The van der Waals surface area contributed by atoms with Crippen LogP contribution in [-0.4, -0.2) is 60.2 Å². The smallest absolute Gasteiger partial charge is 0.404 e. The van der Waals surface area contributed by atoms with Gasteiger partial charge in [0.05, 0.1) is 16.7 Å². The maximum Gasteiger partial charge on any atom is 0.404 e. The van der Waals surface area contributed by atoms with Crippen molar-refractivity contribution < 1.29 is 14.7 Å².